The van der Waals surface area contributed by atoms with Crippen molar-refractivity contribution < 1.29 is 20.4 Å². The molecule has 0 spiro atoms. The van der Waals surface area contributed by atoms with Crippen molar-refractivity contribution in [3.8, 4) is 0 Å². The van der Waals surface area contributed by atoms with Crippen LogP contribution in [0.2, 0.25) is 0 Å². The van der Waals surface area contributed by atoms with E-state index in [1.807, 2.05) is 0 Å². The molecule has 44 valence electrons. The Bertz CT molecular complexity index is 49.2. The molecule has 0 aromatic rings. The molecule has 0 aliphatic heterocycles. The molecule has 0 amide bonds. The molecule has 0 saturated carbocycles. The fourth-order valence-corrected chi connectivity index (χ4v) is 0.760. The average Bonchev–Trinajstić information content (AvgIpc) is 1.72. The zero-order chi connectivity index (χ0) is 4.24. The van der Waals surface area contributed by atoms with Gasteiger partial charge >= 0.3 is 0 Å². The van der Waals surface area contributed by atoms with Gasteiger partial charge in [-0.25, -0.2) is 0 Å². The molecule has 0 unspecified atom stereocenters. The van der Waals surface area contributed by atoms with Gasteiger partial charge in [-0.3, -0.25) is 0 Å². The molecule has 0 aromatic heterocycles. The quantitative estimate of drug-likeness (QED) is 0.404. The minimum Gasteiger partial charge on any atom is -0.0885 e. The van der Waals surface area contributed by atoms with Crippen LogP contribution in [0.1, 0.15) is 25.7 Å². The Hall–Kier alpha value is 0.402. The van der Waals surface area contributed by atoms with Gasteiger partial charge in [-0.15, -0.1) is 0 Å². The summed E-state index contributed by atoms with van der Waals surface area (Å²) in [5.41, 5.74) is 0. The number of hydrogen-bond acceptors (Lipinski definition) is 0. The van der Waals surface area contributed by atoms with Gasteiger partial charge in [-0.1, -0.05) is 12.2 Å². The van der Waals surface area contributed by atoms with Crippen molar-refractivity contribution in [2.45, 2.75) is 25.7 Å². The molecule has 7 heavy (non-hydrogen) atoms. The maximum atomic E-state index is 2.27. The predicted octanol–water partition coefficient (Wildman–Crippen LogP) is 2.11. The van der Waals surface area contributed by atoms with Gasteiger partial charge in [0.2, 0.25) is 0 Å². The molecule has 0 radical (unpaired) electrons. The second kappa shape index (κ2) is 4.56. The van der Waals surface area contributed by atoms with Crippen molar-refractivity contribution in [3.63, 3.8) is 0 Å². The van der Waals surface area contributed by atoms with E-state index in [1.54, 1.807) is 0 Å². The van der Waals surface area contributed by atoms with E-state index in [1.165, 1.54) is 25.7 Å². The van der Waals surface area contributed by atoms with Crippen LogP contribution in [0.25, 0.3) is 0 Å². The van der Waals surface area contributed by atoms with E-state index < -0.39 is 0 Å². The summed E-state index contributed by atoms with van der Waals surface area (Å²) < 4.78 is 0. The number of rotatable bonds is 0. The largest absolute Gasteiger partial charge is 0.0885 e. The van der Waals surface area contributed by atoms with Crippen LogP contribution in [0.3, 0.4) is 0 Å². The molecule has 0 aromatic carbocycles. The van der Waals surface area contributed by atoms with E-state index in [2.05, 4.69) is 12.2 Å². The van der Waals surface area contributed by atoms with Gasteiger partial charge in [0.1, 0.15) is 0 Å². The summed E-state index contributed by atoms with van der Waals surface area (Å²) in [5.74, 6) is 0. The van der Waals surface area contributed by atoms with Crippen molar-refractivity contribution in [2.75, 3.05) is 0 Å². The summed E-state index contributed by atoms with van der Waals surface area (Å²) >= 11 is 0. The molecular weight excluding hydrogens is 178 g/mol. The first-order valence-electron chi connectivity index (χ1n) is 2.65. The number of hydrogen-bond donors (Lipinski definition) is 0. The first-order chi connectivity index (χ1) is 3.00. The third-order valence-corrected chi connectivity index (χ3v) is 1.16. The Kier molecular flexibility index (Phi) is 4.82. The van der Waals surface area contributed by atoms with Gasteiger partial charge in [0.05, 0.1) is 0 Å². The molecule has 1 aliphatic rings. The van der Waals surface area contributed by atoms with E-state index in [9.17, 15) is 0 Å². The molecule has 1 heteroatoms. The monoisotopic (exact) mass is 188 g/mol. The fourth-order valence-electron chi connectivity index (χ4n) is 0.760. The number of allylic oxidation sites excluding steroid dienone is 2. The normalized spacial score (nSPS) is 18.3. The first-order valence-corrected chi connectivity index (χ1v) is 2.65. The van der Waals surface area contributed by atoms with Gasteiger partial charge in [0.25, 0.3) is 0 Å². The van der Waals surface area contributed by atoms with Gasteiger partial charge in [-0.2, -0.15) is 0 Å². The third kappa shape index (κ3) is 3.03. The van der Waals surface area contributed by atoms with Crippen LogP contribution in [0, 0.1) is 0 Å². The van der Waals surface area contributed by atoms with Gasteiger partial charge < -0.3 is 0 Å². The summed E-state index contributed by atoms with van der Waals surface area (Å²) in [6, 6.07) is 0. The molecule has 0 bridgehead atoms. The summed E-state index contributed by atoms with van der Waals surface area (Å²) in [6.45, 7) is 0. The van der Waals surface area contributed by atoms with Crippen molar-refractivity contribution in [1.29, 1.82) is 0 Å². The molecule has 0 fully saturated rings. The van der Waals surface area contributed by atoms with Gasteiger partial charge in [-0.05, 0) is 25.7 Å². The Morgan fingerprint density at radius 3 is 1.43 bits per heavy atom. The van der Waals surface area contributed by atoms with Gasteiger partial charge in [0, 0.05) is 20.4 Å². The SMILES string of the molecule is C1=CCCCC1.[Pd]. The van der Waals surface area contributed by atoms with E-state index in [4.69, 9.17) is 0 Å². The Balaban J connectivity index is 0.000000360. The fraction of sp³-hybridized carbons (Fsp3) is 0.667. The Labute approximate surface area is 58.6 Å². The molecule has 0 nitrogen and oxygen atoms in total. The first kappa shape index (κ1) is 7.40. The smallest absolute Gasteiger partial charge is 0 e. The minimum absolute atomic E-state index is 0. The van der Waals surface area contributed by atoms with Crippen molar-refractivity contribution in [3.05, 3.63) is 12.2 Å². The van der Waals surface area contributed by atoms with Crippen molar-refractivity contribution in [1.82, 2.24) is 0 Å². The van der Waals surface area contributed by atoms with Crippen LogP contribution in [0.4, 0.5) is 0 Å². The maximum Gasteiger partial charge on any atom is 0 e. The van der Waals surface area contributed by atoms with Crippen molar-refractivity contribution >= 4 is 0 Å². The maximum absolute atomic E-state index is 2.27. The second-order valence-electron chi connectivity index (χ2n) is 1.76. The zero-order valence-corrected chi connectivity index (χ0v) is 5.85. The second-order valence-corrected chi connectivity index (χ2v) is 1.76. The molecule has 1 aliphatic carbocycles. The minimum atomic E-state index is 0. The summed E-state index contributed by atoms with van der Waals surface area (Å²) in [7, 11) is 0. The van der Waals surface area contributed by atoms with Gasteiger partial charge in [0.15, 0.2) is 0 Å². The average molecular weight is 189 g/mol. The Morgan fingerprint density at radius 2 is 1.29 bits per heavy atom. The van der Waals surface area contributed by atoms with E-state index >= 15 is 0 Å². The summed E-state index contributed by atoms with van der Waals surface area (Å²) in [4.78, 5) is 0. The molecule has 0 atom stereocenters. The molecular formula is C6H10Pd. The van der Waals surface area contributed by atoms with Crippen LogP contribution in [-0.4, -0.2) is 0 Å². The van der Waals surface area contributed by atoms with Crippen LogP contribution in [-0.2, 0) is 20.4 Å². The molecule has 1 rings (SSSR count). The Morgan fingerprint density at radius 1 is 0.857 bits per heavy atom. The standard InChI is InChI=1S/C6H10.Pd/c1-2-4-6-5-3-1;/h1-2H,3-6H2;. The van der Waals surface area contributed by atoms with Crippen LogP contribution in [0.5, 0.6) is 0 Å². The van der Waals surface area contributed by atoms with Crippen LogP contribution >= 0.6 is 0 Å². The third-order valence-electron chi connectivity index (χ3n) is 1.16. The van der Waals surface area contributed by atoms with E-state index in [0.717, 1.165) is 0 Å². The van der Waals surface area contributed by atoms with Crippen LogP contribution < -0.4 is 0 Å². The van der Waals surface area contributed by atoms with Crippen LogP contribution in [0.15, 0.2) is 12.2 Å². The summed E-state index contributed by atoms with van der Waals surface area (Å²) in [6.07, 6.45) is 10.0. The van der Waals surface area contributed by atoms with E-state index in [-0.39, 0.29) is 20.4 Å². The molecule has 0 N–H and O–H groups in total. The van der Waals surface area contributed by atoms with E-state index in [0.29, 0.717) is 0 Å². The molecule has 0 heterocycles. The molecule has 0 saturated heterocycles. The topological polar surface area (TPSA) is 0 Å². The zero-order valence-electron chi connectivity index (χ0n) is 4.30. The van der Waals surface area contributed by atoms with Crippen molar-refractivity contribution in [2.24, 2.45) is 0 Å². The predicted molar refractivity (Wildman–Crippen MR) is 27.6 cm³/mol. The summed E-state index contributed by atoms with van der Waals surface area (Å²) in [5, 5.41) is 0.